The summed E-state index contributed by atoms with van der Waals surface area (Å²) in [5, 5.41) is 10.6. The van der Waals surface area contributed by atoms with Crippen LogP contribution in [-0.4, -0.2) is 31.9 Å². The molecule has 1 rings (SSSR count). The number of benzene rings is 1. The quantitative estimate of drug-likeness (QED) is 0.662. The molecule has 0 bridgehead atoms. The van der Waals surface area contributed by atoms with E-state index in [-0.39, 0.29) is 16.7 Å². The monoisotopic (exact) mass is 350 g/mol. The number of aliphatic hydroxyl groups is 1. The van der Waals surface area contributed by atoms with Crippen molar-refractivity contribution in [3.05, 3.63) is 35.9 Å². The second-order valence-corrected chi connectivity index (χ2v) is 13.0. The topological polar surface area (TPSA) is 46.5 Å². The van der Waals surface area contributed by atoms with E-state index in [1.54, 1.807) is 6.92 Å². The minimum absolute atomic E-state index is 0.0504. The molecule has 2 atom stereocenters. The van der Waals surface area contributed by atoms with Crippen LogP contribution in [0.1, 0.15) is 46.1 Å². The molecule has 1 aromatic rings. The second-order valence-electron chi connectivity index (χ2n) is 8.21. The highest BCUT2D eigenvalue weighted by molar-refractivity contribution is 6.74. The summed E-state index contributed by atoms with van der Waals surface area (Å²) >= 11 is 0. The van der Waals surface area contributed by atoms with Crippen LogP contribution in [0.2, 0.25) is 18.1 Å². The standard InChI is InChI=1S/C20H34O3Si/c1-16(21)18(14-15-23-24(5,6)20(2,3)4)19(22)13-12-17-10-8-7-9-11-17/h7-11,18-19,22H,12-15H2,1-6H3. The summed E-state index contributed by atoms with van der Waals surface area (Å²) in [6, 6.07) is 10.1. The molecule has 0 saturated carbocycles. The van der Waals surface area contributed by atoms with E-state index in [4.69, 9.17) is 4.43 Å². The van der Waals surface area contributed by atoms with Gasteiger partial charge in [-0.3, -0.25) is 4.79 Å². The van der Waals surface area contributed by atoms with E-state index in [0.717, 1.165) is 6.42 Å². The van der Waals surface area contributed by atoms with Gasteiger partial charge in [-0.15, -0.1) is 0 Å². The summed E-state index contributed by atoms with van der Waals surface area (Å²) in [5.41, 5.74) is 1.19. The van der Waals surface area contributed by atoms with Gasteiger partial charge in [0.1, 0.15) is 5.78 Å². The number of ketones is 1. The van der Waals surface area contributed by atoms with Crippen molar-refractivity contribution in [2.75, 3.05) is 6.61 Å². The van der Waals surface area contributed by atoms with Crippen LogP contribution in [0.4, 0.5) is 0 Å². The van der Waals surface area contributed by atoms with Crippen molar-refractivity contribution in [3.63, 3.8) is 0 Å². The first kappa shape index (κ1) is 21.1. The van der Waals surface area contributed by atoms with Gasteiger partial charge in [-0.25, -0.2) is 0 Å². The zero-order valence-corrected chi connectivity index (χ0v) is 17.1. The number of Topliss-reactive ketones (excluding diaryl/α,β-unsaturated/α-hetero) is 1. The van der Waals surface area contributed by atoms with Crippen molar-refractivity contribution in [2.45, 2.75) is 71.2 Å². The Hall–Kier alpha value is -0.973. The maximum absolute atomic E-state index is 11.9. The van der Waals surface area contributed by atoms with E-state index in [1.165, 1.54) is 5.56 Å². The van der Waals surface area contributed by atoms with E-state index < -0.39 is 14.4 Å². The summed E-state index contributed by atoms with van der Waals surface area (Å²) in [7, 11) is -1.81. The average Bonchev–Trinajstić information content (AvgIpc) is 2.48. The fraction of sp³-hybridized carbons (Fsp3) is 0.650. The zero-order chi connectivity index (χ0) is 18.4. The van der Waals surface area contributed by atoms with Gasteiger partial charge in [0, 0.05) is 12.5 Å². The highest BCUT2D eigenvalue weighted by Crippen LogP contribution is 2.36. The molecule has 0 aliphatic carbocycles. The van der Waals surface area contributed by atoms with Crippen molar-refractivity contribution in [1.29, 1.82) is 0 Å². The minimum atomic E-state index is -1.81. The number of aryl methyl sites for hydroxylation is 1. The summed E-state index contributed by atoms with van der Waals surface area (Å²) in [6.45, 7) is 13.2. The van der Waals surface area contributed by atoms with Crippen LogP contribution in [0.25, 0.3) is 0 Å². The van der Waals surface area contributed by atoms with E-state index in [1.807, 2.05) is 18.2 Å². The molecule has 2 unspecified atom stereocenters. The highest BCUT2D eigenvalue weighted by Gasteiger charge is 2.37. The zero-order valence-electron chi connectivity index (χ0n) is 16.1. The first-order valence-electron chi connectivity index (χ1n) is 8.91. The highest BCUT2D eigenvalue weighted by atomic mass is 28.4. The molecular weight excluding hydrogens is 316 g/mol. The van der Waals surface area contributed by atoms with Gasteiger partial charge in [0.2, 0.25) is 0 Å². The fourth-order valence-corrected chi connectivity index (χ4v) is 3.55. The lowest BCUT2D eigenvalue weighted by Crippen LogP contribution is -2.41. The molecule has 136 valence electrons. The van der Waals surface area contributed by atoms with Gasteiger partial charge in [-0.05, 0) is 49.9 Å². The fourth-order valence-electron chi connectivity index (χ4n) is 2.48. The molecule has 0 saturated heterocycles. The summed E-state index contributed by atoms with van der Waals surface area (Å²) in [4.78, 5) is 11.9. The van der Waals surface area contributed by atoms with Crippen molar-refractivity contribution in [2.24, 2.45) is 5.92 Å². The van der Waals surface area contributed by atoms with E-state index in [9.17, 15) is 9.90 Å². The maximum atomic E-state index is 11.9. The molecule has 0 aliphatic heterocycles. The molecule has 24 heavy (non-hydrogen) atoms. The van der Waals surface area contributed by atoms with Crippen LogP contribution >= 0.6 is 0 Å². The molecule has 0 heterocycles. The smallest absolute Gasteiger partial charge is 0.191 e. The Bertz CT molecular complexity index is 505. The third-order valence-electron chi connectivity index (χ3n) is 5.26. The Morgan fingerprint density at radius 1 is 1.17 bits per heavy atom. The molecular formula is C20H34O3Si. The van der Waals surface area contributed by atoms with E-state index in [0.29, 0.717) is 19.4 Å². The number of carbonyl (C=O) groups excluding carboxylic acids is 1. The molecule has 1 N–H and O–H groups in total. The van der Waals surface area contributed by atoms with Crippen molar-refractivity contribution < 1.29 is 14.3 Å². The number of aliphatic hydroxyl groups excluding tert-OH is 1. The van der Waals surface area contributed by atoms with E-state index >= 15 is 0 Å². The van der Waals surface area contributed by atoms with Gasteiger partial charge in [0.25, 0.3) is 0 Å². The Kier molecular flexibility index (Phi) is 7.84. The molecule has 0 aliphatic rings. The minimum Gasteiger partial charge on any atom is -0.417 e. The average molecular weight is 351 g/mol. The van der Waals surface area contributed by atoms with Gasteiger partial charge in [0.05, 0.1) is 6.10 Å². The molecule has 0 spiro atoms. The largest absolute Gasteiger partial charge is 0.417 e. The first-order chi connectivity index (χ1) is 11.0. The van der Waals surface area contributed by atoms with Gasteiger partial charge in [-0.1, -0.05) is 51.1 Å². The molecule has 0 aromatic heterocycles. The predicted molar refractivity (Wildman–Crippen MR) is 103 cm³/mol. The number of rotatable bonds is 9. The van der Waals surface area contributed by atoms with Crippen LogP contribution in [0.5, 0.6) is 0 Å². The van der Waals surface area contributed by atoms with Crippen LogP contribution in [0, 0.1) is 5.92 Å². The Labute approximate surface area is 148 Å². The Balaban J connectivity index is 2.53. The molecule has 1 aromatic carbocycles. The molecule has 0 fully saturated rings. The Morgan fingerprint density at radius 3 is 2.25 bits per heavy atom. The summed E-state index contributed by atoms with van der Waals surface area (Å²) in [6.07, 6.45) is 1.38. The van der Waals surface area contributed by atoms with E-state index in [2.05, 4.69) is 46.0 Å². The van der Waals surface area contributed by atoms with Gasteiger partial charge >= 0.3 is 0 Å². The maximum Gasteiger partial charge on any atom is 0.191 e. The second kappa shape index (κ2) is 8.93. The normalized spacial score (nSPS) is 15.1. The van der Waals surface area contributed by atoms with Gasteiger partial charge < -0.3 is 9.53 Å². The van der Waals surface area contributed by atoms with Crippen molar-refractivity contribution in [3.8, 4) is 0 Å². The number of carbonyl (C=O) groups is 1. The van der Waals surface area contributed by atoms with Gasteiger partial charge in [-0.2, -0.15) is 0 Å². The summed E-state index contributed by atoms with van der Waals surface area (Å²) in [5.74, 6) is -0.284. The predicted octanol–water partition coefficient (Wildman–Crippen LogP) is 4.60. The molecule has 0 radical (unpaired) electrons. The lowest BCUT2D eigenvalue weighted by Gasteiger charge is -2.36. The van der Waals surface area contributed by atoms with Crippen LogP contribution in [-0.2, 0) is 15.6 Å². The van der Waals surface area contributed by atoms with Crippen molar-refractivity contribution in [1.82, 2.24) is 0 Å². The third kappa shape index (κ3) is 6.50. The molecule has 4 heteroatoms. The van der Waals surface area contributed by atoms with Crippen LogP contribution in [0.3, 0.4) is 0 Å². The van der Waals surface area contributed by atoms with Gasteiger partial charge in [0.15, 0.2) is 8.32 Å². The lowest BCUT2D eigenvalue weighted by molar-refractivity contribution is -0.125. The first-order valence-corrected chi connectivity index (χ1v) is 11.8. The van der Waals surface area contributed by atoms with Crippen molar-refractivity contribution >= 4 is 14.1 Å². The lowest BCUT2D eigenvalue weighted by atomic mass is 9.91. The molecule has 0 amide bonds. The molecule has 3 nitrogen and oxygen atoms in total. The Morgan fingerprint density at radius 2 is 1.75 bits per heavy atom. The SMILES string of the molecule is CC(=O)C(CCO[Si](C)(C)C(C)(C)C)C(O)CCc1ccccc1. The number of hydrogen-bond donors (Lipinski definition) is 1. The third-order valence-corrected chi connectivity index (χ3v) is 9.79. The van der Waals surface area contributed by atoms with Crippen LogP contribution < -0.4 is 0 Å². The summed E-state index contributed by atoms with van der Waals surface area (Å²) < 4.78 is 6.16. The number of hydrogen-bond acceptors (Lipinski definition) is 3. The van der Waals surface area contributed by atoms with Crippen LogP contribution in [0.15, 0.2) is 30.3 Å².